The van der Waals surface area contributed by atoms with Crippen LogP contribution in [-0.2, 0) is 6.54 Å². The first-order valence-corrected chi connectivity index (χ1v) is 7.32. The van der Waals surface area contributed by atoms with Crippen LogP contribution >= 0.6 is 0 Å². The van der Waals surface area contributed by atoms with E-state index in [2.05, 4.69) is 23.5 Å². The standard InChI is InChI=1S/C18H17NO2/c1-3-7-17-14(5-1)13(12-21-17)11-19-16-9-10-20-18-8-4-2-6-15(16)18/h1-8,12,16,19H,9-11H2. The third-order valence-corrected chi connectivity index (χ3v) is 4.06. The van der Waals surface area contributed by atoms with Crippen LogP contribution in [0.3, 0.4) is 0 Å². The van der Waals surface area contributed by atoms with Gasteiger partial charge < -0.3 is 14.5 Å². The largest absolute Gasteiger partial charge is 0.493 e. The highest BCUT2D eigenvalue weighted by atomic mass is 16.5. The van der Waals surface area contributed by atoms with Crippen LogP contribution in [0.25, 0.3) is 11.0 Å². The molecule has 1 aromatic heterocycles. The molecule has 0 aliphatic carbocycles. The molecule has 3 aromatic rings. The molecule has 0 fully saturated rings. The lowest BCUT2D eigenvalue weighted by molar-refractivity contribution is 0.252. The maximum absolute atomic E-state index is 5.70. The molecule has 2 heterocycles. The maximum atomic E-state index is 5.70. The van der Waals surface area contributed by atoms with E-state index in [1.54, 1.807) is 0 Å². The van der Waals surface area contributed by atoms with Crippen molar-refractivity contribution in [2.24, 2.45) is 0 Å². The van der Waals surface area contributed by atoms with E-state index in [4.69, 9.17) is 9.15 Å². The van der Waals surface area contributed by atoms with Gasteiger partial charge in [-0.05, 0) is 12.1 Å². The minimum Gasteiger partial charge on any atom is -0.493 e. The van der Waals surface area contributed by atoms with Crippen LogP contribution in [0.1, 0.15) is 23.6 Å². The Labute approximate surface area is 123 Å². The second kappa shape index (κ2) is 5.26. The van der Waals surface area contributed by atoms with Crippen molar-refractivity contribution < 1.29 is 9.15 Å². The highest BCUT2D eigenvalue weighted by molar-refractivity contribution is 5.80. The molecule has 2 aromatic carbocycles. The van der Waals surface area contributed by atoms with Crippen LogP contribution in [0.4, 0.5) is 0 Å². The topological polar surface area (TPSA) is 34.4 Å². The van der Waals surface area contributed by atoms with Crippen LogP contribution in [0.15, 0.2) is 59.2 Å². The summed E-state index contributed by atoms with van der Waals surface area (Å²) in [6, 6.07) is 16.7. The fourth-order valence-electron chi connectivity index (χ4n) is 2.96. The van der Waals surface area contributed by atoms with E-state index in [9.17, 15) is 0 Å². The SMILES string of the molecule is c1ccc2c(c1)OCCC2NCc1coc2ccccc12. The predicted molar refractivity (Wildman–Crippen MR) is 82.3 cm³/mol. The van der Waals surface area contributed by atoms with Crippen molar-refractivity contribution in [3.63, 3.8) is 0 Å². The van der Waals surface area contributed by atoms with Crippen molar-refractivity contribution in [2.75, 3.05) is 6.61 Å². The Kier molecular flexibility index (Phi) is 3.13. The van der Waals surface area contributed by atoms with Crippen LogP contribution in [-0.4, -0.2) is 6.61 Å². The molecule has 21 heavy (non-hydrogen) atoms. The third-order valence-electron chi connectivity index (χ3n) is 4.06. The second-order valence-electron chi connectivity index (χ2n) is 5.37. The summed E-state index contributed by atoms with van der Waals surface area (Å²) in [5.74, 6) is 0.998. The number of hydrogen-bond acceptors (Lipinski definition) is 3. The summed E-state index contributed by atoms with van der Waals surface area (Å²) in [6.07, 6.45) is 2.84. The molecule has 0 saturated carbocycles. The number of benzene rings is 2. The molecule has 4 rings (SSSR count). The Hall–Kier alpha value is -2.26. The lowest BCUT2D eigenvalue weighted by Gasteiger charge is -2.26. The van der Waals surface area contributed by atoms with E-state index in [0.29, 0.717) is 6.04 Å². The van der Waals surface area contributed by atoms with Crippen molar-refractivity contribution in [3.8, 4) is 5.75 Å². The summed E-state index contributed by atoms with van der Waals surface area (Å²) in [5.41, 5.74) is 3.40. The van der Waals surface area contributed by atoms with Gasteiger partial charge in [0.05, 0.1) is 12.9 Å². The quantitative estimate of drug-likeness (QED) is 0.785. The third kappa shape index (κ3) is 2.30. The van der Waals surface area contributed by atoms with Gasteiger partial charge in [0, 0.05) is 35.5 Å². The van der Waals surface area contributed by atoms with E-state index < -0.39 is 0 Å². The molecule has 1 atom stereocenters. The van der Waals surface area contributed by atoms with Gasteiger partial charge in [0.15, 0.2) is 0 Å². The van der Waals surface area contributed by atoms with E-state index in [-0.39, 0.29) is 0 Å². The molecular weight excluding hydrogens is 262 g/mol. The average Bonchev–Trinajstić information content (AvgIpc) is 2.96. The zero-order chi connectivity index (χ0) is 14.1. The fourth-order valence-corrected chi connectivity index (χ4v) is 2.96. The number of hydrogen-bond donors (Lipinski definition) is 1. The number of furan rings is 1. The summed E-state index contributed by atoms with van der Waals surface area (Å²) in [5, 5.41) is 4.82. The average molecular weight is 279 g/mol. The molecule has 0 saturated heterocycles. The summed E-state index contributed by atoms with van der Waals surface area (Å²) in [4.78, 5) is 0. The van der Waals surface area contributed by atoms with Crippen molar-refractivity contribution in [1.82, 2.24) is 5.32 Å². The number of rotatable bonds is 3. The first kappa shape index (κ1) is 12.5. The zero-order valence-electron chi connectivity index (χ0n) is 11.7. The number of para-hydroxylation sites is 2. The van der Waals surface area contributed by atoms with Gasteiger partial charge in [-0.2, -0.15) is 0 Å². The Bertz CT molecular complexity index is 763. The van der Waals surface area contributed by atoms with Crippen molar-refractivity contribution in [1.29, 1.82) is 0 Å². The van der Waals surface area contributed by atoms with Gasteiger partial charge in [-0.3, -0.25) is 0 Å². The molecule has 1 unspecified atom stereocenters. The molecule has 0 amide bonds. The zero-order valence-corrected chi connectivity index (χ0v) is 11.7. The van der Waals surface area contributed by atoms with E-state index in [1.807, 2.05) is 36.6 Å². The van der Waals surface area contributed by atoms with E-state index in [1.165, 1.54) is 16.5 Å². The summed E-state index contributed by atoms with van der Waals surface area (Å²) >= 11 is 0. The van der Waals surface area contributed by atoms with Crippen molar-refractivity contribution >= 4 is 11.0 Å². The van der Waals surface area contributed by atoms with Gasteiger partial charge in [0.2, 0.25) is 0 Å². The predicted octanol–water partition coefficient (Wildman–Crippen LogP) is 4.05. The fraction of sp³-hybridized carbons (Fsp3) is 0.222. The van der Waals surface area contributed by atoms with Gasteiger partial charge in [-0.25, -0.2) is 0 Å². The van der Waals surface area contributed by atoms with Crippen LogP contribution < -0.4 is 10.1 Å². The second-order valence-corrected chi connectivity index (χ2v) is 5.37. The molecule has 3 nitrogen and oxygen atoms in total. The summed E-state index contributed by atoms with van der Waals surface area (Å²) < 4.78 is 11.3. The summed E-state index contributed by atoms with van der Waals surface area (Å²) in [6.45, 7) is 1.57. The lowest BCUT2D eigenvalue weighted by atomic mass is 10.0. The minimum atomic E-state index is 0.337. The molecular formula is C18H17NO2. The van der Waals surface area contributed by atoms with Crippen molar-refractivity contribution in [3.05, 3.63) is 65.9 Å². The first-order chi connectivity index (χ1) is 10.4. The maximum Gasteiger partial charge on any atom is 0.134 e. The van der Waals surface area contributed by atoms with Crippen LogP contribution in [0.2, 0.25) is 0 Å². The number of nitrogens with one attached hydrogen (secondary N) is 1. The van der Waals surface area contributed by atoms with Crippen molar-refractivity contribution in [2.45, 2.75) is 19.0 Å². The Morgan fingerprint density at radius 3 is 2.90 bits per heavy atom. The molecule has 0 bridgehead atoms. The van der Waals surface area contributed by atoms with E-state index >= 15 is 0 Å². The minimum absolute atomic E-state index is 0.337. The molecule has 1 aliphatic rings. The molecule has 106 valence electrons. The molecule has 0 spiro atoms. The van der Waals surface area contributed by atoms with Crippen LogP contribution in [0.5, 0.6) is 5.75 Å². The lowest BCUT2D eigenvalue weighted by Crippen LogP contribution is -2.26. The smallest absolute Gasteiger partial charge is 0.134 e. The van der Waals surface area contributed by atoms with Gasteiger partial charge in [0.1, 0.15) is 11.3 Å². The van der Waals surface area contributed by atoms with Gasteiger partial charge in [-0.1, -0.05) is 36.4 Å². The van der Waals surface area contributed by atoms with Gasteiger partial charge in [-0.15, -0.1) is 0 Å². The molecule has 1 N–H and O–H groups in total. The highest BCUT2D eigenvalue weighted by Gasteiger charge is 2.20. The Balaban J connectivity index is 1.55. The first-order valence-electron chi connectivity index (χ1n) is 7.32. The molecule has 1 aliphatic heterocycles. The number of ether oxygens (including phenoxy) is 1. The van der Waals surface area contributed by atoms with E-state index in [0.717, 1.165) is 30.9 Å². The molecule has 3 heteroatoms. The highest BCUT2D eigenvalue weighted by Crippen LogP contribution is 2.32. The Morgan fingerprint density at radius 1 is 1.05 bits per heavy atom. The van der Waals surface area contributed by atoms with Gasteiger partial charge >= 0.3 is 0 Å². The van der Waals surface area contributed by atoms with Crippen LogP contribution in [0, 0.1) is 0 Å². The molecule has 0 radical (unpaired) electrons. The summed E-state index contributed by atoms with van der Waals surface area (Å²) in [7, 11) is 0. The normalized spacial score (nSPS) is 17.4. The Morgan fingerprint density at radius 2 is 1.90 bits per heavy atom. The van der Waals surface area contributed by atoms with Gasteiger partial charge in [0.25, 0.3) is 0 Å². The monoisotopic (exact) mass is 279 g/mol. The number of fused-ring (bicyclic) bond motifs is 2.